The highest BCUT2D eigenvalue weighted by Crippen LogP contribution is 2.49. The van der Waals surface area contributed by atoms with Gasteiger partial charge in [0.15, 0.2) is 5.78 Å². The fraction of sp³-hybridized carbons (Fsp3) is 0.333. The van der Waals surface area contributed by atoms with Gasteiger partial charge in [-0.3, -0.25) is 4.79 Å². The van der Waals surface area contributed by atoms with E-state index < -0.39 is 11.9 Å². The van der Waals surface area contributed by atoms with Gasteiger partial charge in [-0.1, -0.05) is 18.2 Å². The SMILES string of the molecule is COC(=O)C1=C(C)NC2=C(C(=O)C[C@@H](c3ccccc3OC)C2)[C@@H]1c1cc(OC)ccc1OC. The molecule has 1 N–H and O–H groups in total. The summed E-state index contributed by atoms with van der Waals surface area (Å²) in [5.41, 5.74) is 4.06. The average molecular weight is 464 g/mol. The predicted octanol–water partition coefficient (Wildman–Crippen LogP) is 4.25. The van der Waals surface area contributed by atoms with Crippen LogP contribution in [0.2, 0.25) is 0 Å². The number of ketones is 1. The number of nitrogens with one attached hydrogen (secondary N) is 1. The monoisotopic (exact) mass is 463 g/mol. The van der Waals surface area contributed by atoms with Crippen LogP contribution in [0, 0.1) is 0 Å². The Balaban J connectivity index is 1.88. The maximum atomic E-state index is 13.7. The predicted molar refractivity (Wildman–Crippen MR) is 127 cm³/mol. The van der Waals surface area contributed by atoms with Gasteiger partial charge in [0, 0.05) is 34.9 Å². The molecule has 0 bridgehead atoms. The van der Waals surface area contributed by atoms with Gasteiger partial charge in [-0.05, 0) is 43.2 Å². The second kappa shape index (κ2) is 9.63. The number of dihydropyridines is 1. The largest absolute Gasteiger partial charge is 0.497 e. The number of ether oxygens (including phenoxy) is 4. The van der Waals surface area contributed by atoms with Gasteiger partial charge >= 0.3 is 5.97 Å². The molecule has 0 unspecified atom stereocenters. The Morgan fingerprint density at radius 1 is 0.912 bits per heavy atom. The Hall–Kier alpha value is -3.74. The normalized spacial score (nSPS) is 19.9. The molecule has 0 saturated carbocycles. The molecular formula is C27H29NO6. The number of hydrogen-bond acceptors (Lipinski definition) is 7. The third kappa shape index (κ3) is 4.02. The van der Waals surface area contributed by atoms with Crippen LogP contribution >= 0.6 is 0 Å². The molecule has 4 rings (SSSR count). The van der Waals surface area contributed by atoms with E-state index in [-0.39, 0.29) is 11.7 Å². The van der Waals surface area contributed by atoms with E-state index in [1.807, 2.05) is 37.3 Å². The third-order valence-electron chi connectivity index (χ3n) is 6.56. The smallest absolute Gasteiger partial charge is 0.336 e. The van der Waals surface area contributed by atoms with Gasteiger partial charge in [-0.25, -0.2) is 4.79 Å². The number of methoxy groups -OCH3 is 4. The van der Waals surface area contributed by atoms with E-state index in [1.54, 1.807) is 33.5 Å². The summed E-state index contributed by atoms with van der Waals surface area (Å²) in [6, 6.07) is 13.1. The molecule has 7 nitrogen and oxygen atoms in total. The molecule has 178 valence electrons. The van der Waals surface area contributed by atoms with Crippen LogP contribution in [0.3, 0.4) is 0 Å². The van der Waals surface area contributed by atoms with Crippen LogP contribution in [0.1, 0.15) is 42.7 Å². The van der Waals surface area contributed by atoms with Crippen molar-refractivity contribution in [1.82, 2.24) is 5.32 Å². The van der Waals surface area contributed by atoms with Crippen LogP contribution in [0.5, 0.6) is 17.2 Å². The molecule has 0 saturated heterocycles. The van der Waals surface area contributed by atoms with Gasteiger partial charge in [-0.2, -0.15) is 0 Å². The van der Waals surface area contributed by atoms with Gasteiger partial charge in [-0.15, -0.1) is 0 Å². The summed E-state index contributed by atoms with van der Waals surface area (Å²) < 4.78 is 21.7. The summed E-state index contributed by atoms with van der Waals surface area (Å²) in [5, 5.41) is 3.34. The number of rotatable bonds is 6. The first-order valence-electron chi connectivity index (χ1n) is 11.1. The van der Waals surface area contributed by atoms with Gasteiger partial charge in [0.2, 0.25) is 0 Å². The van der Waals surface area contributed by atoms with Crippen LogP contribution in [-0.2, 0) is 14.3 Å². The molecule has 2 atom stereocenters. The highest BCUT2D eigenvalue weighted by atomic mass is 16.5. The molecule has 7 heteroatoms. The standard InChI is InChI=1S/C27H29NO6/c1-15-24(27(30)34-5)25(19-14-17(31-2)10-11-23(19)33-4)26-20(28-15)12-16(13-21(26)29)18-8-6-7-9-22(18)32-3/h6-11,14,16,25,28H,12-13H2,1-5H3/t16-,25+/m0/s1. The Labute approximate surface area is 199 Å². The van der Waals surface area contributed by atoms with Crippen molar-refractivity contribution < 1.29 is 28.5 Å². The molecule has 0 aromatic heterocycles. The lowest BCUT2D eigenvalue weighted by atomic mass is 9.71. The van der Waals surface area contributed by atoms with Gasteiger partial charge in [0.25, 0.3) is 0 Å². The zero-order chi connectivity index (χ0) is 24.4. The lowest BCUT2D eigenvalue weighted by Crippen LogP contribution is -2.36. The van der Waals surface area contributed by atoms with Crippen molar-refractivity contribution >= 4 is 11.8 Å². The van der Waals surface area contributed by atoms with E-state index in [0.29, 0.717) is 46.7 Å². The number of carbonyl (C=O) groups excluding carboxylic acids is 2. The van der Waals surface area contributed by atoms with E-state index >= 15 is 0 Å². The summed E-state index contributed by atoms with van der Waals surface area (Å²) >= 11 is 0. The molecule has 0 spiro atoms. The number of hydrogen-bond donors (Lipinski definition) is 1. The number of carbonyl (C=O) groups is 2. The highest BCUT2D eigenvalue weighted by Gasteiger charge is 2.42. The van der Waals surface area contributed by atoms with E-state index in [4.69, 9.17) is 18.9 Å². The Kier molecular flexibility index (Phi) is 6.63. The molecule has 1 aliphatic heterocycles. The first-order chi connectivity index (χ1) is 16.4. The Morgan fingerprint density at radius 2 is 1.62 bits per heavy atom. The van der Waals surface area contributed by atoms with Crippen molar-refractivity contribution in [3.8, 4) is 17.2 Å². The van der Waals surface area contributed by atoms with Crippen molar-refractivity contribution in [2.45, 2.75) is 31.6 Å². The number of para-hydroxylation sites is 1. The van der Waals surface area contributed by atoms with Gasteiger partial charge in [0.05, 0.1) is 39.9 Å². The van der Waals surface area contributed by atoms with Crippen molar-refractivity contribution in [3.05, 3.63) is 76.1 Å². The molecule has 0 radical (unpaired) electrons. The second-order valence-electron chi connectivity index (χ2n) is 8.36. The number of esters is 1. The quantitative estimate of drug-likeness (QED) is 0.642. The molecule has 2 aromatic carbocycles. The molecule has 0 fully saturated rings. The summed E-state index contributed by atoms with van der Waals surface area (Å²) in [6.07, 6.45) is 0.910. The van der Waals surface area contributed by atoms with Crippen molar-refractivity contribution in [2.75, 3.05) is 28.4 Å². The Morgan fingerprint density at radius 3 is 2.29 bits per heavy atom. The number of benzene rings is 2. The van der Waals surface area contributed by atoms with E-state index in [1.165, 1.54) is 7.11 Å². The molecule has 1 aliphatic carbocycles. The fourth-order valence-corrected chi connectivity index (χ4v) is 5.02. The topological polar surface area (TPSA) is 83.1 Å². The third-order valence-corrected chi connectivity index (χ3v) is 6.56. The van der Waals surface area contributed by atoms with Crippen molar-refractivity contribution in [3.63, 3.8) is 0 Å². The van der Waals surface area contributed by atoms with Crippen LogP contribution in [0.15, 0.2) is 65.0 Å². The lowest BCUT2D eigenvalue weighted by Gasteiger charge is -2.37. The Bertz CT molecular complexity index is 1200. The molecule has 0 amide bonds. The minimum atomic E-state index is -0.639. The first kappa shape index (κ1) is 23.4. The molecular weight excluding hydrogens is 434 g/mol. The number of allylic oxidation sites excluding steroid dienone is 3. The summed E-state index contributed by atoms with van der Waals surface area (Å²) in [4.78, 5) is 26.7. The van der Waals surface area contributed by atoms with Crippen molar-refractivity contribution in [1.29, 1.82) is 0 Å². The zero-order valence-electron chi connectivity index (χ0n) is 20.1. The summed E-state index contributed by atoms with van der Waals surface area (Å²) in [7, 11) is 6.11. The number of Topliss-reactive ketones (excluding diaryl/α,β-unsaturated/α-hetero) is 1. The molecule has 34 heavy (non-hydrogen) atoms. The van der Waals surface area contributed by atoms with E-state index in [2.05, 4.69) is 5.32 Å². The average Bonchev–Trinajstić information content (AvgIpc) is 2.86. The lowest BCUT2D eigenvalue weighted by molar-refractivity contribution is -0.136. The minimum Gasteiger partial charge on any atom is -0.497 e. The molecule has 1 heterocycles. The van der Waals surface area contributed by atoms with Crippen LogP contribution < -0.4 is 19.5 Å². The maximum absolute atomic E-state index is 13.7. The summed E-state index contributed by atoms with van der Waals surface area (Å²) in [5.74, 6) is 0.713. The van der Waals surface area contributed by atoms with Crippen LogP contribution in [0.25, 0.3) is 0 Å². The van der Waals surface area contributed by atoms with Crippen LogP contribution in [-0.4, -0.2) is 40.2 Å². The highest BCUT2D eigenvalue weighted by molar-refractivity contribution is 6.04. The van der Waals surface area contributed by atoms with Crippen LogP contribution in [0.4, 0.5) is 0 Å². The van der Waals surface area contributed by atoms with Gasteiger partial charge < -0.3 is 24.3 Å². The zero-order valence-corrected chi connectivity index (χ0v) is 20.1. The first-order valence-corrected chi connectivity index (χ1v) is 11.1. The van der Waals surface area contributed by atoms with Crippen molar-refractivity contribution in [2.24, 2.45) is 0 Å². The fourth-order valence-electron chi connectivity index (χ4n) is 5.02. The van der Waals surface area contributed by atoms with E-state index in [0.717, 1.165) is 17.0 Å². The minimum absolute atomic E-state index is 0.0339. The van der Waals surface area contributed by atoms with Gasteiger partial charge in [0.1, 0.15) is 17.2 Å². The second-order valence-corrected chi connectivity index (χ2v) is 8.36. The summed E-state index contributed by atoms with van der Waals surface area (Å²) in [6.45, 7) is 1.83. The molecule has 2 aliphatic rings. The maximum Gasteiger partial charge on any atom is 0.336 e. The molecule has 2 aromatic rings. The van der Waals surface area contributed by atoms with E-state index in [9.17, 15) is 9.59 Å².